The summed E-state index contributed by atoms with van der Waals surface area (Å²) in [6, 6.07) is 5.85. The molecule has 148 valence electrons. The van der Waals surface area contributed by atoms with Crippen molar-refractivity contribution in [1.29, 1.82) is 0 Å². The fourth-order valence-corrected chi connectivity index (χ4v) is 3.53. The van der Waals surface area contributed by atoms with Gasteiger partial charge in [-0.25, -0.2) is 0 Å². The molecule has 0 bridgehead atoms. The van der Waals surface area contributed by atoms with Crippen LogP contribution in [0.3, 0.4) is 0 Å². The maximum Gasteiger partial charge on any atom is 0.387 e. The summed E-state index contributed by atoms with van der Waals surface area (Å²) in [6.45, 7) is 1.41. The van der Waals surface area contributed by atoms with Crippen LogP contribution in [0.25, 0.3) is 0 Å². The summed E-state index contributed by atoms with van der Waals surface area (Å²) < 4.78 is 29.0. The first-order valence-corrected chi connectivity index (χ1v) is 9.37. The molecule has 1 aromatic carbocycles. The maximum atomic E-state index is 12.6. The first kappa shape index (κ1) is 19.5. The van der Waals surface area contributed by atoms with Gasteiger partial charge in [0.05, 0.1) is 6.54 Å². The molecule has 0 N–H and O–H groups in total. The van der Waals surface area contributed by atoms with Crippen LogP contribution in [0, 0.1) is 0 Å². The number of rotatable bonds is 5. The molecule has 0 atom stereocenters. The van der Waals surface area contributed by atoms with E-state index in [9.17, 15) is 18.4 Å². The fraction of sp³-hybridized carbons (Fsp3) is 0.579. The SMILES string of the molecule is O=C(CN1CCN(C(=O)c2cccc(OC(F)F)c2)CC1)N1CCCCC1. The Hall–Kier alpha value is -2.22. The molecule has 0 aromatic heterocycles. The molecular weight excluding hydrogens is 356 g/mol. The van der Waals surface area contributed by atoms with Crippen LogP contribution < -0.4 is 4.74 Å². The summed E-state index contributed by atoms with van der Waals surface area (Å²) in [5.41, 5.74) is 0.325. The van der Waals surface area contributed by atoms with E-state index >= 15 is 0 Å². The number of benzene rings is 1. The molecule has 0 spiro atoms. The lowest BCUT2D eigenvalue weighted by molar-refractivity contribution is -0.133. The average molecular weight is 381 g/mol. The predicted octanol–water partition coefficient (Wildman–Crippen LogP) is 2.06. The van der Waals surface area contributed by atoms with Gasteiger partial charge in [-0.3, -0.25) is 14.5 Å². The topological polar surface area (TPSA) is 53.1 Å². The van der Waals surface area contributed by atoms with Gasteiger partial charge >= 0.3 is 6.61 Å². The molecule has 2 fully saturated rings. The highest BCUT2D eigenvalue weighted by Gasteiger charge is 2.25. The number of nitrogens with zero attached hydrogens (tertiary/aromatic N) is 3. The van der Waals surface area contributed by atoms with Gasteiger partial charge in [-0.1, -0.05) is 6.07 Å². The van der Waals surface area contributed by atoms with Crippen molar-refractivity contribution in [3.8, 4) is 5.75 Å². The fourth-order valence-electron chi connectivity index (χ4n) is 3.53. The van der Waals surface area contributed by atoms with Gasteiger partial charge in [0.25, 0.3) is 5.91 Å². The second-order valence-corrected chi connectivity index (χ2v) is 6.92. The van der Waals surface area contributed by atoms with Gasteiger partial charge in [-0.15, -0.1) is 0 Å². The van der Waals surface area contributed by atoms with E-state index in [0.717, 1.165) is 25.9 Å². The number of hydrogen-bond donors (Lipinski definition) is 0. The second kappa shape index (κ2) is 9.12. The Morgan fingerprint density at radius 3 is 2.33 bits per heavy atom. The Morgan fingerprint density at radius 2 is 1.67 bits per heavy atom. The average Bonchev–Trinajstić information content (AvgIpc) is 2.68. The van der Waals surface area contributed by atoms with E-state index in [1.165, 1.54) is 24.6 Å². The van der Waals surface area contributed by atoms with E-state index in [1.807, 2.05) is 4.90 Å². The van der Waals surface area contributed by atoms with E-state index in [4.69, 9.17) is 0 Å². The molecule has 0 saturated carbocycles. The van der Waals surface area contributed by atoms with Crippen LogP contribution in [0.15, 0.2) is 24.3 Å². The van der Waals surface area contributed by atoms with Crippen LogP contribution in [0.1, 0.15) is 29.6 Å². The van der Waals surface area contributed by atoms with Gasteiger partial charge in [-0.2, -0.15) is 8.78 Å². The highest BCUT2D eigenvalue weighted by Crippen LogP contribution is 2.18. The van der Waals surface area contributed by atoms with Crippen molar-refractivity contribution >= 4 is 11.8 Å². The molecule has 0 aliphatic carbocycles. The molecule has 2 amide bonds. The number of ether oxygens (including phenoxy) is 1. The first-order valence-electron chi connectivity index (χ1n) is 9.37. The molecule has 8 heteroatoms. The molecule has 2 saturated heterocycles. The molecule has 1 aromatic rings. The number of amides is 2. The highest BCUT2D eigenvalue weighted by atomic mass is 19.3. The Labute approximate surface area is 157 Å². The van der Waals surface area contributed by atoms with Crippen LogP contribution in [0.5, 0.6) is 5.75 Å². The summed E-state index contributed by atoms with van der Waals surface area (Å²) in [7, 11) is 0. The summed E-state index contributed by atoms with van der Waals surface area (Å²) in [6.07, 6.45) is 3.33. The van der Waals surface area contributed by atoms with Crippen LogP contribution in [-0.2, 0) is 4.79 Å². The standard InChI is InChI=1S/C19H25F2N3O3/c20-19(21)27-16-6-4-5-15(13-16)18(26)24-11-9-22(10-12-24)14-17(25)23-7-2-1-3-8-23/h4-6,13,19H,1-3,7-12,14H2. The van der Waals surface area contributed by atoms with E-state index in [0.29, 0.717) is 38.3 Å². The maximum absolute atomic E-state index is 12.6. The van der Waals surface area contributed by atoms with Crippen molar-refractivity contribution in [3.63, 3.8) is 0 Å². The third-order valence-corrected chi connectivity index (χ3v) is 5.03. The van der Waals surface area contributed by atoms with Gasteiger partial charge in [-0.05, 0) is 37.5 Å². The number of piperidine rings is 1. The predicted molar refractivity (Wildman–Crippen MR) is 95.8 cm³/mol. The third kappa shape index (κ3) is 5.38. The highest BCUT2D eigenvalue weighted by molar-refractivity contribution is 5.94. The summed E-state index contributed by atoms with van der Waals surface area (Å²) in [4.78, 5) is 30.6. The van der Waals surface area contributed by atoms with Crippen LogP contribution in [0.2, 0.25) is 0 Å². The number of alkyl halides is 2. The third-order valence-electron chi connectivity index (χ3n) is 5.03. The molecule has 2 aliphatic heterocycles. The summed E-state index contributed by atoms with van der Waals surface area (Å²) >= 11 is 0. The van der Waals surface area contributed by atoms with E-state index in [1.54, 1.807) is 11.0 Å². The van der Waals surface area contributed by atoms with Gasteiger partial charge < -0.3 is 14.5 Å². The minimum absolute atomic E-state index is 0.0263. The Balaban J connectivity index is 1.49. The smallest absolute Gasteiger partial charge is 0.387 e. The Bertz CT molecular complexity index is 657. The van der Waals surface area contributed by atoms with E-state index in [-0.39, 0.29) is 17.6 Å². The minimum Gasteiger partial charge on any atom is -0.435 e. The molecule has 2 heterocycles. The van der Waals surface area contributed by atoms with E-state index < -0.39 is 6.61 Å². The monoisotopic (exact) mass is 381 g/mol. The number of piperazine rings is 1. The molecular formula is C19H25F2N3O3. The number of hydrogen-bond acceptors (Lipinski definition) is 4. The zero-order valence-corrected chi connectivity index (χ0v) is 15.3. The Kier molecular flexibility index (Phi) is 6.60. The first-order chi connectivity index (χ1) is 13.0. The summed E-state index contributed by atoms with van der Waals surface area (Å²) in [5.74, 6) is -0.0790. The Morgan fingerprint density at radius 1 is 0.963 bits per heavy atom. The molecule has 27 heavy (non-hydrogen) atoms. The van der Waals surface area contributed by atoms with Crippen molar-refractivity contribution in [2.24, 2.45) is 0 Å². The van der Waals surface area contributed by atoms with Crippen molar-refractivity contribution in [2.75, 3.05) is 45.8 Å². The number of halogens is 2. The number of likely N-dealkylation sites (tertiary alicyclic amines) is 1. The van der Waals surface area contributed by atoms with Gasteiger partial charge in [0.1, 0.15) is 5.75 Å². The number of carbonyl (C=O) groups is 2. The van der Waals surface area contributed by atoms with Crippen LogP contribution in [0.4, 0.5) is 8.78 Å². The lowest BCUT2D eigenvalue weighted by atomic mass is 10.1. The van der Waals surface area contributed by atoms with Crippen LogP contribution in [-0.4, -0.2) is 78.9 Å². The molecule has 2 aliphatic rings. The van der Waals surface area contributed by atoms with E-state index in [2.05, 4.69) is 9.64 Å². The quantitative estimate of drug-likeness (QED) is 0.784. The van der Waals surface area contributed by atoms with Crippen molar-refractivity contribution in [2.45, 2.75) is 25.9 Å². The van der Waals surface area contributed by atoms with Gasteiger partial charge in [0.15, 0.2) is 0 Å². The normalized spacial score (nSPS) is 18.6. The van der Waals surface area contributed by atoms with Crippen LogP contribution >= 0.6 is 0 Å². The lowest BCUT2D eigenvalue weighted by Gasteiger charge is -2.36. The number of carbonyl (C=O) groups excluding carboxylic acids is 2. The van der Waals surface area contributed by atoms with Crippen molar-refractivity contribution < 1.29 is 23.1 Å². The summed E-state index contributed by atoms with van der Waals surface area (Å²) in [5, 5.41) is 0. The molecule has 6 nitrogen and oxygen atoms in total. The van der Waals surface area contributed by atoms with Gasteiger partial charge in [0, 0.05) is 44.8 Å². The van der Waals surface area contributed by atoms with Gasteiger partial charge in [0.2, 0.25) is 5.91 Å². The zero-order valence-electron chi connectivity index (χ0n) is 15.3. The zero-order chi connectivity index (χ0) is 19.2. The van der Waals surface area contributed by atoms with Crippen molar-refractivity contribution in [3.05, 3.63) is 29.8 Å². The molecule has 3 rings (SSSR count). The minimum atomic E-state index is -2.92. The van der Waals surface area contributed by atoms with Crippen molar-refractivity contribution in [1.82, 2.24) is 14.7 Å². The molecule has 0 unspecified atom stereocenters. The lowest BCUT2D eigenvalue weighted by Crippen LogP contribution is -2.52. The second-order valence-electron chi connectivity index (χ2n) is 6.92. The largest absolute Gasteiger partial charge is 0.435 e. The molecule has 0 radical (unpaired) electrons.